The van der Waals surface area contributed by atoms with Gasteiger partial charge in [0, 0.05) is 19.6 Å². The molecule has 2 nitrogen and oxygen atoms in total. The van der Waals surface area contributed by atoms with E-state index in [4.69, 9.17) is 12.2 Å². The summed E-state index contributed by atoms with van der Waals surface area (Å²) in [6.45, 7) is 5.58. The second-order valence-electron chi connectivity index (χ2n) is 4.76. The molecule has 1 saturated heterocycles. The van der Waals surface area contributed by atoms with E-state index in [1.54, 1.807) is 0 Å². The van der Waals surface area contributed by atoms with Crippen molar-refractivity contribution in [3.05, 3.63) is 0 Å². The van der Waals surface area contributed by atoms with Crippen LogP contribution in [-0.4, -0.2) is 29.6 Å². The molecule has 1 N–H and O–H groups in total. The minimum absolute atomic E-state index is 0.665. The first-order chi connectivity index (χ1) is 6.76. The molecule has 14 heavy (non-hydrogen) atoms. The van der Waals surface area contributed by atoms with E-state index in [9.17, 15) is 0 Å². The van der Waals surface area contributed by atoms with E-state index in [2.05, 4.69) is 17.1 Å². The number of nitrogens with zero attached hydrogens (tertiary/aromatic N) is 1. The standard InChI is InChI=1S/C11H20N2S/c1-2-7-12-10(14)13-8-6-11(9-13)4-3-5-11/h2-9H2,1H3,(H,12,14). The van der Waals surface area contributed by atoms with Gasteiger partial charge in [-0.05, 0) is 43.3 Å². The van der Waals surface area contributed by atoms with Gasteiger partial charge in [0.2, 0.25) is 0 Å². The number of thiocarbonyl (C=S) groups is 1. The molecular formula is C11H20N2S. The first-order valence-corrected chi connectivity index (χ1v) is 6.19. The van der Waals surface area contributed by atoms with Crippen LogP contribution in [0.25, 0.3) is 0 Å². The summed E-state index contributed by atoms with van der Waals surface area (Å²) in [6, 6.07) is 0. The molecule has 0 radical (unpaired) electrons. The molecule has 0 unspecified atom stereocenters. The number of nitrogens with one attached hydrogen (secondary N) is 1. The molecule has 2 aliphatic rings. The fraction of sp³-hybridized carbons (Fsp3) is 0.909. The van der Waals surface area contributed by atoms with Gasteiger partial charge in [-0.15, -0.1) is 0 Å². The summed E-state index contributed by atoms with van der Waals surface area (Å²) in [4.78, 5) is 2.37. The summed E-state index contributed by atoms with van der Waals surface area (Å²) in [5, 5.41) is 4.30. The summed E-state index contributed by atoms with van der Waals surface area (Å²) in [6.07, 6.45) is 6.81. The summed E-state index contributed by atoms with van der Waals surface area (Å²) < 4.78 is 0. The molecule has 2 fully saturated rings. The lowest BCUT2D eigenvalue weighted by molar-refractivity contribution is 0.152. The van der Waals surface area contributed by atoms with Crippen LogP contribution in [0.15, 0.2) is 0 Å². The van der Waals surface area contributed by atoms with Crippen molar-refractivity contribution in [2.45, 2.75) is 39.0 Å². The maximum absolute atomic E-state index is 5.37. The smallest absolute Gasteiger partial charge is 0.168 e. The highest BCUT2D eigenvalue weighted by molar-refractivity contribution is 7.80. The quantitative estimate of drug-likeness (QED) is 0.706. The normalized spacial score (nSPS) is 23.6. The Kier molecular flexibility index (Phi) is 2.96. The van der Waals surface area contributed by atoms with E-state index in [0.717, 1.165) is 18.1 Å². The van der Waals surface area contributed by atoms with Crippen molar-refractivity contribution in [3.63, 3.8) is 0 Å². The van der Waals surface area contributed by atoms with Crippen LogP contribution in [0.2, 0.25) is 0 Å². The van der Waals surface area contributed by atoms with Gasteiger partial charge in [0.1, 0.15) is 0 Å². The Labute approximate surface area is 92.0 Å². The van der Waals surface area contributed by atoms with Gasteiger partial charge >= 0.3 is 0 Å². The van der Waals surface area contributed by atoms with Crippen LogP contribution >= 0.6 is 12.2 Å². The van der Waals surface area contributed by atoms with Gasteiger partial charge in [0.15, 0.2) is 5.11 Å². The zero-order valence-electron chi connectivity index (χ0n) is 9.01. The summed E-state index contributed by atoms with van der Waals surface area (Å²) >= 11 is 5.37. The minimum atomic E-state index is 0.665. The Hall–Kier alpha value is -0.310. The molecule has 0 aromatic rings. The fourth-order valence-electron chi connectivity index (χ4n) is 2.54. The molecule has 0 bridgehead atoms. The zero-order chi connectivity index (χ0) is 10.0. The first-order valence-electron chi connectivity index (χ1n) is 5.79. The third kappa shape index (κ3) is 1.88. The molecule has 2 rings (SSSR count). The Morgan fingerprint density at radius 2 is 2.21 bits per heavy atom. The maximum atomic E-state index is 5.37. The van der Waals surface area contributed by atoms with Crippen molar-refractivity contribution in [1.82, 2.24) is 10.2 Å². The number of hydrogen-bond donors (Lipinski definition) is 1. The van der Waals surface area contributed by atoms with Gasteiger partial charge in [0.05, 0.1) is 0 Å². The molecule has 1 heterocycles. The second kappa shape index (κ2) is 4.05. The van der Waals surface area contributed by atoms with Crippen LogP contribution in [0.3, 0.4) is 0 Å². The predicted octanol–water partition coefficient (Wildman–Crippen LogP) is 2.15. The average molecular weight is 212 g/mol. The number of likely N-dealkylation sites (tertiary alicyclic amines) is 1. The third-order valence-electron chi connectivity index (χ3n) is 3.67. The van der Waals surface area contributed by atoms with Crippen LogP contribution in [0.1, 0.15) is 39.0 Å². The van der Waals surface area contributed by atoms with Crippen molar-refractivity contribution in [2.24, 2.45) is 5.41 Å². The molecular weight excluding hydrogens is 192 g/mol. The van der Waals surface area contributed by atoms with Crippen molar-refractivity contribution in [1.29, 1.82) is 0 Å². The fourth-order valence-corrected chi connectivity index (χ4v) is 2.79. The topological polar surface area (TPSA) is 15.3 Å². The molecule has 0 atom stereocenters. The predicted molar refractivity (Wildman–Crippen MR) is 63.4 cm³/mol. The summed E-state index contributed by atoms with van der Waals surface area (Å²) in [5.74, 6) is 0. The lowest BCUT2D eigenvalue weighted by Crippen LogP contribution is -2.41. The number of rotatable bonds is 2. The molecule has 1 aliphatic heterocycles. The van der Waals surface area contributed by atoms with Gasteiger partial charge in [-0.3, -0.25) is 0 Å². The molecule has 0 aromatic carbocycles. The van der Waals surface area contributed by atoms with Crippen LogP contribution in [0.5, 0.6) is 0 Å². The Bertz CT molecular complexity index is 223. The molecule has 80 valence electrons. The molecule has 0 aromatic heterocycles. The van der Waals surface area contributed by atoms with E-state index in [1.165, 1.54) is 38.8 Å². The van der Waals surface area contributed by atoms with Crippen LogP contribution in [0.4, 0.5) is 0 Å². The summed E-state index contributed by atoms with van der Waals surface area (Å²) in [5.41, 5.74) is 0.665. The van der Waals surface area contributed by atoms with E-state index < -0.39 is 0 Å². The van der Waals surface area contributed by atoms with Gasteiger partial charge in [-0.1, -0.05) is 13.3 Å². The molecule has 3 heteroatoms. The molecule has 1 aliphatic carbocycles. The van der Waals surface area contributed by atoms with Crippen molar-refractivity contribution >= 4 is 17.3 Å². The van der Waals surface area contributed by atoms with Crippen molar-refractivity contribution in [3.8, 4) is 0 Å². The zero-order valence-corrected chi connectivity index (χ0v) is 9.83. The summed E-state index contributed by atoms with van der Waals surface area (Å²) in [7, 11) is 0. The number of hydrogen-bond acceptors (Lipinski definition) is 1. The lowest BCUT2D eigenvalue weighted by Gasteiger charge is -2.38. The molecule has 0 amide bonds. The Morgan fingerprint density at radius 1 is 1.43 bits per heavy atom. The average Bonchev–Trinajstić information content (AvgIpc) is 2.58. The molecule has 1 saturated carbocycles. The van der Waals surface area contributed by atoms with E-state index in [-0.39, 0.29) is 0 Å². The van der Waals surface area contributed by atoms with Crippen LogP contribution in [0, 0.1) is 5.41 Å². The van der Waals surface area contributed by atoms with E-state index in [1.807, 2.05) is 0 Å². The third-order valence-corrected chi connectivity index (χ3v) is 4.07. The lowest BCUT2D eigenvalue weighted by atomic mass is 9.68. The van der Waals surface area contributed by atoms with Crippen LogP contribution in [-0.2, 0) is 0 Å². The highest BCUT2D eigenvalue weighted by Crippen LogP contribution is 2.47. The SMILES string of the molecule is CCCNC(=S)N1CCC2(CCC2)C1. The minimum Gasteiger partial charge on any atom is -0.363 e. The molecule has 1 spiro atoms. The van der Waals surface area contributed by atoms with E-state index in [0.29, 0.717) is 5.41 Å². The van der Waals surface area contributed by atoms with Gasteiger partial charge in [-0.2, -0.15) is 0 Å². The van der Waals surface area contributed by atoms with Crippen molar-refractivity contribution < 1.29 is 0 Å². The van der Waals surface area contributed by atoms with Gasteiger partial charge < -0.3 is 10.2 Å². The Balaban J connectivity index is 1.79. The first kappa shape index (κ1) is 10.2. The highest BCUT2D eigenvalue weighted by Gasteiger charge is 2.43. The maximum Gasteiger partial charge on any atom is 0.168 e. The Morgan fingerprint density at radius 3 is 2.71 bits per heavy atom. The van der Waals surface area contributed by atoms with Crippen LogP contribution < -0.4 is 5.32 Å². The highest BCUT2D eigenvalue weighted by atomic mass is 32.1. The van der Waals surface area contributed by atoms with Gasteiger partial charge in [0.25, 0.3) is 0 Å². The monoisotopic (exact) mass is 212 g/mol. The van der Waals surface area contributed by atoms with Crippen molar-refractivity contribution in [2.75, 3.05) is 19.6 Å². The van der Waals surface area contributed by atoms with E-state index >= 15 is 0 Å². The largest absolute Gasteiger partial charge is 0.363 e. The second-order valence-corrected chi connectivity index (χ2v) is 5.14. The van der Waals surface area contributed by atoms with Gasteiger partial charge in [-0.25, -0.2) is 0 Å².